The van der Waals surface area contributed by atoms with Gasteiger partial charge in [0.25, 0.3) is 0 Å². The summed E-state index contributed by atoms with van der Waals surface area (Å²) >= 11 is 0. The average molecular weight is 215 g/mol. The van der Waals surface area contributed by atoms with E-state index in [2.05, 4.69) is 0 Å². The minimum atomic E-state index is -1.20. The summed E-state index contributed by atoms with van der Waals surface area (Å²) in [5.74, 6) is -1.84. The van der Waals surface area contributed by atoms with Crippen molar-refractivity contribution < 1.29 is 13.9 Å². The Morgan fingerprint density at radius 2 is 1.73 bits per heavy atom. The Labute approximate surface area is 88.1 Å². The molecule has 0 aliphatic heterocycles. The Morgan fingerprint density at radius 1 is 1.20 bits per heavy atom. The third kappa shape index (κ3) is 2.26. The van der Waals surface area contributed by atoms with Gasteiger partial charge in [0.1, 0.15) is 0 Å². The van der Waals surface area contributed by atoms with Crippen molar-refractivity contribution in [3.63, 3.8) is 0 Å². The molecule has 0 aromatic heterocycles. The number of benzene rings is 1. The lowest BCUT2D eigenvalue weighted by Gasteiger charge is -2.26. The lowest BCUT2D eigenvalue weighted by Crippen LogP contribution is -2.23. The molecule has 1 rings (SSSR count). The maximum Gasteiger partial charge on any atom is 0.182 e. The molecule has 1 aromatic rings. The third-order valence-electron chi connectivity index (χ3n) is 2.18. The zero-order valence-electron chi connectivity index (χ0n) is 9.31. The molecule has 0 aliphatic rings. The fourth-order valence-corrected chi connectivity index (χ4v) is 1.47. The number of aliphatic hydroxyl groups is 1. The summed E-state index contributed by atoms with van der Waals surface area (Å²) in [6, 6.07) is 2.42. The summed E-state index contributed by atoms with van der Waals surface area (Å²) in [7, 11) is 3.21. The van der Waals surface area contributed by atoms with Crippen LogP contribution in [0.1, 0.15) is 19.4 Å². The van der Waals surface area contributed by atoms with E-state index in [1.807, 2.05) is 0 Å². The second-order valence-electron chi connectivity index (χ2n) is 4.21. The molecule has 4 heteroatoms. The van der Waals surface area contributed by atoms with Crippen molar-refractivity contribution in [3.8, 4) is 0 Å². The number of rotatable bonds is 2. The van der Waals surface area contributed by atoms with E-state index in [-0.39, 0.29) is 5.69 Å². The second kappa shape index (κ2) is 3.77. The topological polar surface area (TPSA) is 23.5 Å². The minimum Gasteiger partial charge on any atom is -0.386 e. The van der Waals surface area contributed by atoms with Crippen molar-refractivity contribution in [2.24, 2.45) is 0 Å². The smallest absolute Gasteiger partial charge is 0.182 e. The van der Waals surface area contributed by atoms with Gasteiger partial charge in [-0.25, -0.2) is 8.78 Å². The minimum absolute atomic E-state index is 0.0856. The summed E-state index contributed by atoms with van der Waals surface area (Å²) in [5.41, 5.74) is -0.748. The van der Waals surface area contributed by atoms with Gasteiger partial charge in [-0.05, 0) is 19.9 Å². The second-order valence-corrected chi connectivity index (χ2v) is 4.21. The van der Waals surface area contributed by atoms with Gasteiger partial charge in [0.2, 0.25) is 0 Å². The highest BCUT2D eigenvalue weighted by molar-refractivity contribution is 5.56. The molecule has 0 atom stereocenters. The standard InChI is InChI=1S/C11H15F2NO/c1-11(2,15)7-5-6-8(12)9(13)10(7)14(3)4/h5-6,15H,1-4H3. The van der Waals surface area contributed by atoms with Crippen LogP contribution in [0.3, 0.4) is 0 Å². The molecule has 0 unspecified atom stereocenters. The normalized spacial score (nSPS) is 11.7. The monoisotopic (exact) mass is 215 g/mol. The molecule has 0 heterocycles. The summed E-state index contributed by atoms with van der Waals surface area (Å²) in [6.07, 6.45) is 0. The van der Waals surface area contributed by atoms with Crippen molar-refractivity contribution in [2.45, 2.75) is 19.4 Å². The fourth-order valence-electron chi connectivity index (χ4n) is 1.47. The highest BCUT2D eigenvalue weighted by Gasteiger charge is 2.25. The van der Waals surface area contributed by atoms with Crippen LogP contribution in [0.15, 0.2) is 12.1 Å². The Balaban J connectivity index is 3.47. The number of hydrogen-bond donors (Lipinski definition) is 1. The maximum atomic E-state index is 13.5. The van der Waals surface area contributed by atoms with Crippen LogP contribution in [0.2, 0.25) is 0 Å². The van der Waals surface area contributed by atoms with Gasteiger partial charge < -0.3 is 10.0 Å². The van der Waals surface area contributed by atoms with E-state index in [1.165, 1.54) is 24.8 Å². The van der Waals surface area contributed by atoms with Gasteiger partial charge in [0.05, 0.1) is 11.3 Å². The van der Waals surface area contributed by atoms with Crippen LogP contribution >= 0.6 is 0 Å². The molecule has 0 bridgehead atoms. The van der Waals surface area contributed by atoms with E-state index in [1.54, 1.807) is 14.1 Å². The molecule has 0 amide bonds. The Bertz CT molecular complexity index is 370. The predicted molar refractivity (Wildman–Crippen MR) is 55.9 cm³/mol. The molecule has 1 N–H and O–H groups in total. The van der Waals surface area contributed by atoms with Gasteiger partial charge in [0.15, 0.2) is 11.6 Å². The van der Waals surface area contributed by atoms with Crippen molar-refractivity contribution >= 4 is 5.69 Å². The van der Waals surface area contributed by atoms with E-state index < -0.39 is 17.2 Å². The molecule has 0 aliphatic carbocycles. The van der Waals surface area contributed by atoms with Gasteiger partial charge in [-0.3, -0.25) is 0 Å². The van der Waals surface area contributed by atoms with Gasteiger partial charge in [-0.15, -0.1) is 0 Å². The molecule has 0 radical (unpaired) electrons. The van der Waals surface area contributed by atoms with Crippen molar-refractivity contribution in [2.75, 3.05) is 19.0 Å². The first kappa shape index (κ1) is 11.9. The van der Waals surface area contributed by atoms with E-state index in [0.717, 1.165) is 6.07 Å². The van der Waals surface area contributed by atoms with Crippen LogP contribution < -0.4 is 4.90 Å². The van der Waals surface area contributed by atoms with Crippen molar-refractivity contribution in [1.82, 2.24) is 0 Å². The van der Waals surface area contributed by atoms with E-state index >= 15 is 0 Å². The Morgan fingerprint density at radius 3 is 2.13 bits per heavy atom. The maximum absolute atomic E-state index is 13.5. The van der Waals surface area contributed by atoms with E-state index in [4.69, 9.17) is 0 Å². The van der Waals surface area contributed by atoms with Crippen molar-refractivity contribution in [1.29, 1.82) is 0 Å². The van der Waals surface area contributed by atoms with Crippen LogP contribution in [-0.4, -0.2) is 19.2 Å². The lowest BCUT2D eigenvalue weighted by atomic mass is 9.95. The number of hydrogen-bond acceptors (Lipinski definition) is 2. The number of halogens is 2. The van der Waals surface area contributed by atoms with Crippen LogP contribution in [-0.2, 0) is 5.60 Å². The first-order valence-electron chi connectivity index (χ1n) is 4.63. The van der Waals surface area contributed by atoms with Crippen molar-refractivity contribution in [3.05, 3.63) is 29.3 Å². The molecule has 0 fully saturated rings. The Hall–Kier alpha value is -1.16. The molecule has 0 spiro atoms. The molecule has 15 heavy (non-hydrogen) atoms. The van der Waals surface area contributed by atoms with Gasteiger partial charge >= 0.3 is 0 Å². The number of nitrogens with zero attached hydrogens (tertiary/aromatic N) is 1. The molecular weight excluding hydrogens is 200 g/mol. The highest BCUT2D eigenvalue weighted by atomic mass is 19.2. The molecular formula is C11H15F2NO. The lowest BCUT2D eigenvalue weighted by molar-refractivity contribution is 0.0787. The van der Waals surface area contributed by atoms with Crippen LogP contribution in [0, 0.1) is 11.6 Å². The van der Waals surface area contributed by atoms with E-state index in [9.17, 15) is 13.9 Å². The zero-order valence-corrected chi connectivity index (χ0v) is 9.31. The predicted octanol–water partition coefficient (Wildman–Crippen LogP) is 2.26. The van der Waals surface area contributed by atoms with Crippen LogP contribution in [0.5, 0.6) is 0 Å². The molecule has 0 saturated heterocycles. The third-order valence-corrected chi connectivity index (χ3v) is 2.18. The van der Waals surface area contributed by atoms with E-state index in [0.29, 0.717) is 5.56 Å². The SMILES string of the molecule is CN(C)c1c(C(C)(C)O)ccc(F)c1F. The molecule has 1 aromatic carbocycles. The summed E-state index contributed by atoms with van der Waals surface area (Å²) in [6.45, 7) is 3.07. The molecule has 84 valence electrons. The molecule has 0 saturated carbocycles. The first-order chi connectivity index (χ1) is 6.75. The number of anilines is 1. The van der Waals surface area contributed by atoms with Crippen LogP contribution in [0.4, 0.5) is 14.5 Å². The van der Waals surface area contributed by atoms with Crippen LogP contribution in [0.25, 0.3) is 0 Å². The largest absolute Gasteiger partial charge is 0.386 e. The summed E-state index contributed by atoms with van der Waals surface area (Å²) in [4.78, 5) is 1.45. The average Bonchev–Trinajstić information content (AvgIpc) is 2.06. The highest BCUT2D eigenvalue weighted by Crippen LogP contribution is 2.32. The van der Waals surface area contributed by atoms with Gasteiger partial charge in [-0.1, -0.05) is 6.07 Å². The van der Waals surface area contributed by atoms with Gasteiger partial charge in [0, 0.05) is 19.7 Å². The molecule has 2 nitrogen and oxygen atoms in total. The quantitative estimate of drug-likeness (QED) is 0.818. The first-order valence-corrected chi connectivity index (χ1v) is 4.63. The van der Waals surface area contributed by atoms with Gasteiger partial charge in [-0.2, -0.15) is 0 Å². The summed E-state index contributed by atoms with van der Waals surface area (Å²) in [5, 5.41) is 9.82. The zero-order chi connectivity index (χ0) is 11.8. The fraction of sp³-hybridized carbons (Fsp3) is 0.455. The summed E-state index contributed by atoms with van der Waals surface area (Å²) < 4.78 is 26.5. The Kier molecular flexibility index (Phi) is 3.00.